The van der Waals surface area contributed by atoms with Crippen LogP contribution in [0.25, 0.3) is 0 Å². The Morgan fingerprint density at radius 1 is 1.39 bits per heavy atom. The van der Waals surface area contributed by atoms with E-state index in [4.69, 9.17) is 0 Å². The molecule has 96 valence electrons. The summed E-state index contributed by atoms with van der Waals surface area (Å²) in [5, 5.41) is 7.59. The van der Waals surface area contributed by atoms with Crippen LogP contribution in [0.1, 0.15) is 24.2 Å². The van der Waals surface area contributed by atoms with Crippen molar-refractivity contribution in [3.05, 3.63) is 46.5 Å². The summed E-state index contributed by atoms with van der Waals surface area (Å²) in [6.07, 6.45) is 6.73. The standard InChI is InChI=1S/C13H17BrN4/c1-3-18-9-10(7-17-18)6-13(15-2)12-5-4-11(14)8-16-12/h4-5,7-9,13,15H,3,6H2,1-2H3. The maximum Gasteiger partial charge on any atom is 0.0577 e. The van der Waals surface area contributed by atoms with Crippen LogP contribution in [0.15, 0.2) is 35.2 Å². The van der Waals surface area contributed by atoms with Gasteiger partial charge in [0.1, 0.15) is 0 Å². The highest BCUT2D eigenvalue weighted by molar-refractivity contribution is 9.10. The van der Waals surface area contributed by atoms with Crippen molar-refractivity contribution in [3.63, 3.8) is 0 Å². The van der Waals surface area contributed by atoms with Crippen molar-refractivity contribution in [2.75, 3.05) is 7.05 Å². The molecule has 0 aliphatic heterocycles. The Hall–Kier alpha value is -1.20. The number of likely N-dealkylation sites (N-methyl/N-ethyl adjacent to an activating group) is 1. The molecule has 4 nitrogen and oxygen atoms in total. The Balaban J connectivity index is 2.11. The largest absolute Gasteiger partial charge is 0.311 e. The lowest BCUT2D eigenvalue weighted by molar-refractivity contribution is 0.575. The Morgan fingerprint density at radius 2 is 2.22 bits per heavy atom. The monoisotopic (exact) mass is 308 g/mol. The Bertz CT molecular complexity index is 492. The van der Waals surface area contributed by atoms with Gasteiger partial charge in [0.2, 0.25) is 0 Å². The fourth-order valence-electron chi connectivity index (χ4n) is 1.87. The van der Waals surface area contributed by atoms with Gasteiger partial charge in [-0.3, -0.25) is 9.67 Å². The highest BCUT2D eigenvalue weighted by atomic mass is 79.9. The second-order valence-corrected chi connectivity index (χ2v) is 5.07. The van der Waals surface area contributed by atoms with Crippen molar-refractivity contribution in [1.29, 1.82) is 0 Å². The molecule has 0 aromatic carbocycles. The van der Waals surface area contributed by atoms with Crippen LogP contribution in [-0.4, -0.2) is 21.8 Å². The van der Waals surface area contributed by atoms with Gasteiger partial charge in [-0.1, -0.05) is 0 Å². The molecular formula is C13H17BrN4. The van der Waals surface area contributed by atoms with E-state index in [0.29, 0.717) is 0 Å². The molecule has 0 amide bonds. The molecule has 2 heterocycles. The minimum absolute atomic E-state index is 0.215. The summed E-state index contributed by atoms with van der Waals surface area (Å²) in [4.78, 5) is 4.44. The third-order valence-corrected chi connectivity index (χ3v) is 3.38. The van der Waals surface area contributed by atoms with Crippen molar-refractivity contribution in [2.24, 2.45) is 0 Å². The lowest BCUT2D eigenvalue weighted by Crippen LogP contribution is -2.19. The van der Waals surface area contributed by atoms with Gasteiger partial charge < -0.3 is 5.32 Å². The smallest absolute Gasteiger partial charge is 0.0577 e. The normalized spacial score (nSPS) is 12.6. The van der Waals surface area contributed by atoms with Crippen molar-refractivity contribution < 1.29 is 0 Å². The Morgan fingerprint density at radius 3 is 2.78 bits per heavy atom. The first-order valence-corrected chi connectivity index (χ1v) is 6.82. The first-order valence-electron chi connectivity index (χ1n) is 6.03. The fraction of sp³-hybridized carbons (Fsp3) is 0.385. The minimum Gasteiger partial charge on any atom is -0.311 e. The third kappa shape index (κ3) is 3.17. The molecule has 5 heteroatoms. The number of nitrogens with one attached hydrogen (secondary N) is 1. The number of halogens is 1. The highest BCUT2D eigenvalue weighted by Gasteiger charge is 2.12. The van der Waals surface area contributed by atoms with E-state index < -0.39 is 0 Å². The average Bonchev–Trinajstić information content (AvgIpc) is 2.85. The highest BCUT2D eigenvalue weighted by Crippen LogP contribution is 2.17. The Kier molecular flexibility index (Phi) is 4.49. The lowest BCUT2D eigenvalue weighted by Gasteiger charge is -2.14. The number of pyridine rings is 1. The summed E-state index contributed by atoms with van der Waals surface area (Å²) in [7, 11) is 1.96. The number of nitrogens with zero attached hydrogens (tertiary/aromatic N) is 3. The zero-order valence-corrected chi connectivity index (χ0v) is 12.2. The molecule has 2 aromatic rings. The van der Waals surface area contributed by atoms with Gasteiger partial charge in [-0.2, -0.15) is 5.10 Å². The average molecular weight is 309 g/mol. The van der Waals surface area contributed by atoms with Gasteiger partial charge in [0.15, 0.2) is 0 Å². The molecule has 0 radical (unpaired) electrons. The molecule has 18 heavy (non-hydrogen) atoms. The molecule has 0 aliphatic rings. The predicted molar refractivity (Wildman–Crippen MR) is 75.3 cm³/mol. The van der Waals surface area contributed by atoms with E-state index in [-0.39, 0.29) is 6.04 Å². The van der Waals surface area contributed by atoms with E-state index in [1.165, 1.54) is 5.56 Å². The quantitative estimate of drug-likeness (QED) is 0.923. The van der Waals surface area contributed by atoms with Gasteiger partial charge >= 0.3 is 0 Å². The van der Waals surface area contributed by atoms with Crippen LogP contribution in [0.2, 0.25) is 0 Å². The van der Waals surface area contributed by atoms with E-state index >= 15 is 0 Å². The van der Waals surface area contributed by atoms with Crippen LogP contribution < -0.4 is 5.32 Å². The first-order chi connectivity index (χ1) is 8.72. The SMILES string of the molecule is CCn1cc(CC(NC)c2ccc(Br)cn2)cn1. The molecule has 0 spiro atoms. The van der Waals surface area contributed by atoms with E-state index in [1.54, 1.807) is 0 Å². The number of aromatic nitrogens is 3. The molecule has 0 saturated carbocycles. The molecule has 0 bridgehead atoms. The lowest BCUT2D eigenvalue weighted by atomic mass is 10.1. The minimum atomic E-state index is 0.215. The van der Waals surface area contributed by atoms with E-state index in [9.17, 15) is 0 Å². The fourth-order valence-corrected chi connectivity index (χ4v) is 2.10. The molecule has 1 N–H and O–H groups in total. The van der Waals surface area contributed by atoms with Gasteiger partial charge in [0.05, 0.1) is 17.9 Å². The van der Waals surface area contributed by atoms with Crippen LogP contribution >= 0.6 is 15.9 Å². The zero-order valence-electron chi connectivity index (χ0n) is 10.6. The van der Waals surface area contributed by atoms with Gasteiger partial charge in [0, 0.05) is 23.4 Å². The second kappa shape index (κ2) is 6.11. The molecule has 2 rings (SSSR count). The van der Waals surface area contributed by atoms with Crippen molar-refractivity contribution in [1.82, 2.24) is 20.1 Å². The van der Waals surface area contributed by atoms with Crippen LogP contribution in [0, 0.1) is 0 Å². The molecule has 0 saturated heterocycles. The van der Waals surface area contributed by atoms with Crippen LogP contribution in [0.3, 0.4) is 0 Å². The summed E-state index contributed by atoms with van der Waals surface area (Å²) in [5.41, 5.74) is 2.27. The summed E-state index contributed by atoms with van der Waals surface area (Å²) in [5.74, 6) is 0. The summed E-state index contributed by atoms with van der Waals surface area (Å²) in [6.45, 7) is 2.99. The maximum atomic E-state index is 4.44. The van der Waals surface area contributed by atoms with Gasteiger partial charge in [-0.05, 0) is 54.0 Å². The zero-order chi connectivity index (χ0) is 13.0. The topological polar surface area (TPSA) is 42.7 Å². The van der Waals surface area contributed by atoms with Crippen molar-refractivity contribution in [3.8, 4) is 0 Å². The summed E-state index contributed by atoms with van der Waals surface area (Å²) in [6, 6.07) is 4.27. The summed E-state index contributed by atoms with van der Waals surface area (Å²) < 4.78 is 2.94. The van der Waals surface area contributed by atoms with Gasteiger partial charge in [-0.25, -0.2) is 0 Å². The predicted octanol–water partition coefficient (Wildman–Crippen LogP) is 2.56. The van der Waals surface area contributed by atoms with Gasteiger partial charge in [0.25, 0.3) is 0 Å². The van der Waals surface area contributed by atoms with Crippen LogP contribution in [0.4, 0.5) is 0 Å². The van der Waals surface area contributed by atoms with Crippen molar-refractivity contribution >= 4 is 15.9 Å². The maximum absolute atomic E-state index is 4.44. The third-order valence-electron chi connectivity index (χ3n) is 2.91. The van der Waals surface area contributed by atoms with E-state index in [1.807, 2.05) is 36.3 Å². The number of rotatable bonds is 5. The molecule has 1 atom stereocenters. The molecule has 1 unspecified atom stereocenters. The first kappa shape index (κ1) is 13.2. The van der Waals surface area contributed by atoms with Gasteiger partial charge in [-0.15, -0.1) is 0 Å². The Labute approximate surface area is 116 Å². The van der Waals surface area contributed by atoms with Crippen LogP contribution in [-0.2, 0) is 13.0 Å². The van der Waals surface area contributed by atoms with E-state index in [2.05, 4.69) is 44.4 Å². The summed E-state index contributed by atoms with van der Waals surface area (Å²) >= 11 is 3.40. The number of hydrogen-bond donors (Lipinski definition) is 1. The van der Waals surface area contributed by atoms with E-state index in [0.717, 1.165) is 23.1 Å². The molecular weight excluding hydrogens is 292 g/mol. The van der Waals surface area contributed by atoms with Crippen molar-refractivity contribution in [2.45, 2.75) is 25.9 Å². The number of hydrogen-bond acceptors (Lipinski definition) is 3. The van der Waals surface area contributed by atoms with Crippen LogP contribution in [0.5, 0.6) is 0 Å². The number of aryl methyl sites for hydroxylation is 1. The molecule has 2 aromatic heterocycles. The molecule has 0 aliphatic carbocycles. The molecule has 0 fully saturated rings. The second-order valence-electron chi connectivity index (χ2n) is 4.15.